The average molecular weight is 437 g/mol. The lowest BCUT2D eigenvalue weighted by atomic mass is 10.1. The third kappa shape index (κ3) is 4.09. The van der Waals surface area contributed by atoms with Crippen LogP contribution in [0.3, 0.4) is 0 Å². The van der Waals surface area contributed by atoms with E-state index in [0.717, 1.165) is 29.7 Å². The van der Waals surface area contributed by atoms with Gasteiger partial charge in [-0.25, -0.2) is 9.78 Å². The molecule has 1 aliphatic carbocycles. The van der Waals surface area contributed by atoms with Gasteiger partial charge in [0, 0.05) is 30.3 Å². The number of pyridine rings is 1. The van der Waals surface area contributed by atoms with E-state index in [4.69, 9.17) is 9.47 Å². The molecular weight excluding hydrogens is 408 g/mol. The van der Waals surface area contributed by atoms with Crippen molar-refractivity contribution in [1.82, 2.24) is 15.6 Å². The minimum Gasteiger partial charge on any atom is -0.487 e. The summed E-state index contributed by atoms with van der Waals surface area (Å²) in [7, 11) is 0. The lowest BCUT2D eigenvalue weighted by Crippen LogP contribution is -2.39. The highest BCUT2D eigenvalue weighted by molar-refractivity contribution is 5.93. The Morgan fingerprint density at radius 2 is 2.16 bits per heavy atom. The Bertz CT molecular complexity index is 1040. The van der Waals surface area contributed by atoms with Crippen LogP contribution in [0.25, 0.3) is 0 Å². The molecule has 1 saturated carbocycles. The van der Waals surface area contributed by atoms with Crippen LogP contribution in [0.2, 0.25) is 0 Å². The number of anilines is 1. The summed E-state index contributed by atoms with van der Waals surface area (Å²) in [5, 5.41) is 8.77. The number of fused-ring (bicyclic) bond motifs is 4. The van der Waals surface area contributed by atoms with E-state index in [1.54, 1.807) is 6.20 Å². The standard InChI is InChI=1S/C24H28N4O4/c1-2-3-4-5-11-26-24(30)28-21-20-16-13-14(6-8-17(16)32-22(20)21)31-18-10-12-25-23-15(18)7-9-19(29)27-23/h6,8,10,12-13,20-22H,2-5,7,9,11H2,1H3,(H,25,27,29)(H2,26,28,30). The first kappa shape index (κ1) is 20.6. The third-order valence-corrected chi connectivity index (χ3v) is 6.27. The van der Waals surface area contributed by atoms with E-state index in [0.29, 0.717) is 36.7 Å². The van der Waals surface area contributed by atoms with Gasteiger partial charge in [0.1, 0.15) is 29.2 Å². The van der Waals surface area contributed by atoms with Gasteiger partial charge in [-0.05, 0) is 37.1 Å². The van der Waals surface area contributed by atoms with E-state index in [2.05, 4.69) is 27.9 Å². The molecule has 3 atom stereocenters. The minimum absolute atomic E-state index is 0.0164. The largest absolute Gasteiger partial charge is 0.487 e. The number of nitrogens with one attached hydrogen (secondary N) is 3. The van der Waals surface area contributed by atoms with E-state index in [1.807, 2.05) is 24.3 Å². The summed E-state index contributed by atoms with van der Waals surface area (Å²) in [5.74, 6) is 2.91. The second-order valence-corrected chi connectivity index (χ2v) is 8.58. The molecule has 168 valence electrons. The predicted octanol–water partition coefficient (Wildman–Crippen LogP) is 3.86. The Balaban J connectivity index is 1.21. The number of hydrogen-bond donors (Lipinski definition) is 3. The fraction of sp³-hybridized carbons (Fsp3) is 0.458. The summed E-state index contributed by atoms with van der Waals surface area (Å²) in [4.78, 5) is 28.1. The van der Waals surface area contributed by atoms with Crippen molar-refractivity contribution in [3.63, 3.8) is 0 Å². The van der Waals surface area contributed by atoms with Crippen molar-refractivity contribution in [2.75, 3.05) is 11.9 Å². The zero-order chi connectivity index (χ0) is 22.1. The summed E-state index contributed by atoms with van der Waals surface area (Å²) in [5.41, 5.74) is 1.96. The molecule has 8 nitrogen and oxygen atoms in total. The molecule has 0 bridgehead atoms. The first-order valence-electron chi connectivity index (χ1n) is 11.4. The predicted molar refractivity (Wildman–Crippen MR) is 119 cm³/mol. The van der Waals surface area contributed by atoms with Crippen LogP contribution in [-0.4, -0.2) is 35.6 Å². The molecule has 1 fully saturated rings. The Kier molecular flexibility index (Phi) is 5.59. The third-order valence-electron chi connectivity index (χ3n) is 6.27. The molecule has 3 unspecified atom stereocenters. The molecule has 0 radical (unpaired) electrons. The minimum atomic E-state index is -0.135. The lowest BCUT2D eigenvalue weighted by molar-refractivity contribution is -0.116. The van der Waals surface area contributed by atoms with Crippen LogP contribution in [0.4, 0.5) is 10.6 Å². The molecule has 0 spiro atoms. The van der Waals surface area contributed by atoms with Crippen LogP contribution in [0, 0.1) is 0 Å². The van der Waals surface area contributed by atoms with Gasteiger partial charge in [-0.3, -0.25) is 4.79 Å². The number of benzene rings is 1. The van der Waals surface area contributed by atoms with Crippen LogP contribution in [-0.2, 0) is 11.2 Å². The monoisotopic (exact) mass is 436 g/mol. The molecule has 0 saturated heterocycles. The highest BCUT2D eigenvalue weighted by Crippen LogP contribution is 2.54. The number of amides is 3. The van der Waals surface area contributed by atoms with Crippen molar-refractivity contribution in [3.8, 4) is 17.2 Å². The SMILES string of the molecule is CCCCCCNC(=O)NC1C2Oc3ccc(Oc4ccnc5c4CCC(=O)N5)cc3C12. The smallest absolute Gasteiger partial charge is 0.315 e. The first-order valence-corrected chi connectivity index (χ1v) is 11.4. The highest BCUT2D eigenvalue weighted by Gasteiger charge is 2.59. The van der Waals surface area contributed by atoms with Crippen molar-refractivity contribution in [2.24, 2.45) is 0 Å². The number of ether oxygens (including phenoxy) is 2. The van der Waals surface area contributed by atoms with Crippen LogP contribution in [0.15, 0.2) is 30.5 Å². The van der Waals surface area contributed by atoms with Crippen LogP contribution in [0.1, 0.15) is 56.1 Å². The zero-order valence-corrected chi connectivity index (χ0v) is 18.1. The quantitative estimate of drug-likeness (QED) is 0.546. The van der Waals surface area contributed by atoms with Gasteiger partial charge in [-0.15, -0.1) is 0 Å². The fourth-order valence-electron chi connectivity index (χ4n) is 4.51. The van der Waals surface area contributed by atoms with Crippen molar-refractivity contribution in [3.05, 3.63) is 41.6 Å². The maximum absolute atomic E-state index is 12.2. The summed E-state index contributed by atoms with van der Waals surface area (Å²) >= 11 is 0. The number of unbranched alkanes of at least 4 members (excludes halogenated alkanes) is 3. The van der Waals surface area contributed by atoms with Crippen LogP contribution >= 0.6 is 0 Å². The van der Waals surface area contributed by atoms with E-state index < -0.39 is 0 Å². The molecule has 3 amide bonds. The topological polar surface area (TPSA) is 102 Å². The maximum atomic E-state index is 12.2. The van der Waals surface area contributed by atoms with Gasteiger partial charge in [-0.1, -0.05) is 26.2 Å². The molecule has 3 heterocycles. The van der Waals surface area contributed by atoms with Crippen LogP contribution < -0.4 is 25.4 Å². The van der Waals surface area contributed by atoms with Crippen molar-refractivity contribution >= 4 is 17.8 Å². The van der Waals surface area contributed by atoms with Gasteiger partial charge < -0.3 is 25.4 Å². The van der Waals surface area contributed by atoms with Gasteiger partial charge >= 0.3 is 6.03 Å². The van der Waals surface area contributed by atoms with Gasteiger partial charge in [-0.2, -0.15) is 0 Å². The number of aromatic nitrogens is 1. The summed E-state index contributed by atoms with van der Waals surface area (Å²) in [6, 6.07) is 7.44. The fourth-order valence-corrected chi connectivity index (χ4v) is 4.51. The van der Waals surface area contributed by atoms with E-state index in [1.165, 1.54) is 12.8 Å². The van der Waals surface area contributed by atoms with Gasteiger partial charge in [0.2, 0.25) is 5.91 Å². The molecule has 2 aromatic rings. The molecule has 1 aromatic carbocycles. The summed E-state index contributed by atoms with van der Waals surface area (Å²) in [6.07, 6.45) is 7.15. The van der Waals surface area contributed by atoms with E-state index in [-0.39, 0.29) is 30.0 Å². The van der Waals surface area contributed by atoms with Crippen molar-refractivity contribution in [1.29, 1.82) is 0 Å². The molecule has 32 heavy (non-hydrogen) atoms. The van der Waals surface area contributed by atoms with Gasteiger partial charge in [0.15, 0.2) is 0 Å². The Hall–Kier alpha value is -3.29. The number of carbonyl (C=O) groups is 2. The number of carbonyl (C=O) groups excluding carboxylic acids is 2. The Morgan fingerprint density at radius 1 is 1.25 bits per heavy atom. The molecule has 5 rings (SSSR count). The summed E-state index contributed by atoms with van der Waals surface area (Å²) < 4.78 is 12.2. The molecular formula is C24H28N4O4. The first-order chi connectivity index (χ1) is 15.6. The number of rotatable bonds is 8. The zero-order valence-electron chi connectivity index (χ0n) is 18.1. The molecule has 2 aliphatic heterocycles. The highest BCUT2D eigenvalue weighted by atomic mass is 16.5. The number of hydrogen-bond acceptors (Lipinski definition) is 5. The van der Waals surface area contributed by atoms with Crippen LogP contribution in [0.5, 0.6) is 17.2 Å². The van der Waals surface area contributed by atoms with E-state index in [9.17, 15) is 9.59 Å². The normalized spacial score (nSPS) is 22.0. The molecule has 3 N–H and O–H groups in total. The van der Waals surface area contributed by atoms with Gasteiger partial charge in [0.05, 0.1) is 12.0 Å². The summed E-state index contributed by atoms with van der Waals surface area (Å²) in [6.45, 7) is 2.87. The number of nitrogens with zero attached hydrogens (tertiary/aromatic N) is 1. The lowest BCUT2D eigenvalue weighted by Gasteiger charge is -2.19. The van der Waals surface area contributed by atoms with Crippen molar-refractivity contribution < 1.29 is 19.1 Å². The van der Waals surface area contributed by atoms with Gasteiger partial charge in [0.25, 0.3) is 0 Å². The maximum Gasteiger partial charge on any atom is 0.315 e. The average Bonchev–Trinajstić information content (AvgIpc) is 3.30. The second-order valence-electron chi connectivity index (χ2n) is 8.58. The Labute approximate surface area is 187 Å². The van der Waals surface area contributed by atoms with E-state index >= 15 is 0 Å². The second kappa shape index (κ2) is 8.68. The molecule has 3 aliphatic rings. The number of urea groups is 1. The van der Waals surface area contributed by atoms with Crippen molar-refractivity contribution in [2.45, 2.75) is 63.5 Å². The molecule has 8 heteroatoms. The molecule has 1 aromatic heterocycles. The Morgan fingerprint density at radius 3 is 3.03 bits per heavy atom.